The molecule has 1 aliphatic heterocycles. The molecular weight excluding hydrogens is 290 g/mol. The van der Waals surface area contributed by atoms with Crippen LogP contribution in [0.4, 0.5) is 4.79 Å². The number of carboxylic acid groups (broad SMARTS) is 1. The molecule has 0 saturated heterocycles. The van der Waals surface area contributed by atoms with Gasteiger partial charge in [0.15, 0.2) is 0 Å². The maximum Gasteiger partial charge on any atom is 0.507 e. The molecule has 108 valence electrons. The molecule has 0 amide bonds. The molecule has 5 nitrogen and oxygen atoms in total. The van der Waals surface area contributed by atoms with Crippen LogP contribution < -0.4 is 0 Å². The van der Waals surface area contributed by atoms with Crippen molar-refractivity contribution in [2.24, 2.45) is 4.99 Å². The van der Waals surface area contributed by atoms with Gasteiger partial charge in [0.1, 0.15) is 10.8 Å². The first-order chi connectivity index (χ1) is 9.97. The molecule has 21 heavy (non-hydrogen) atoms. The number of hydrogen-bond acceptors (Lipinski definition) is 5. The first-order valence-electron chi connectivity index (χ1n) is 6.34. The van der Waals surface area contributed by atoms with Gasteiger partial charge in [-0.2, -0.15) is 0 Å². The van der Waals surface area contributed by atoms with Crippen LogP contribution >= 0.6 is 11.8 Å². The number of ether oxygens (including phenoxy) is 1. The minimum absolute atomic E-state index is 0.125. The minimum atomic E-state index is -1.36. The van der Waals surface area contributed by atoms with E-state index < -0.39 is 11.9 Å². The van der Waals surface area contributed by atoms with Crippen LogP contribution in [0, 0.1) is 0 Å². The Morgan fingerprint density at radius 2 is 2.00 bits per heavy atom. The second kappa shape index (κ2) is 4.96. The summed E-state index contributed by atoms with van der Waals surface area (Å²) < 4.78 is 4.80. The van der Waals surface area contributed by atoms with Gasteiger partial charge in [-0.05, 0) is 29.8 Å². The van der Waals surface area contributed by atoms with Crippen LogP contribution in [0.3, 0.4) is 0 Å². The summed E-state index contributed by atoms with van der Waals surface area (Å²) in [6, 6.07) is 11.2. The number of hydrogen-bond donors (Lipinski definition) is 2. The highest BCUT2D eigenvalue weighted by molar-refractivity contribution is 8.14. The largest absolute Gasteiger partial charge is 0.507 e. The number of aliphatic imine (C=N–C) groups is 1. The number of phenols is 1. The van der Waals surface area contributed by atoms with Crippen LogP contribution in [0.1, 0.15) is 12.5 Å². The fourth-order valence-electron chi connectivity index (χ4n) is 2.26. The Balaban J connectivity index is 2.03. The quantitative estimate of drug-likeness (QED) is 0.831. The number of phenolic OH excluding ortho intramolecular Hbond substituents is 1. The van der Waals surface area contributed by atoms with Gasteiger partial charge in [0.25, 0.3) is 0 Å². The van der Waals surface area contributed by atoms with Crippen molar-refractivity contribution in [3.63, 3.8) is 0 Å². The number of benzene rings is 2. The molecule has 2 aromatic rings. The fraction of sp³-hybridized carbons (Fsp3) is 0.200. The van der Waals surface area contributed by atoms with Gasteiger partial charge in [-0.25, -0.2) is 9.79 Å². The molecule has 0 unspecified atom stereocenters. The van der Waals surface area contributed by atoms with E-state index in [4.69, 9.17) is 9.84 Å². The van der Waals surface area contributed by atoms with E-state index in [-0.39, 0.29) is 5.75 Å². The molecule has 1 aliphatic rings. The molecule has 3 rings (SSSR count). The van der Waals surface area contributed by atoms with Crippen molar-refractivity contribution in [2.75, 3.05) is 5.75 Å². The molecule has 0 fully saturated rings. The van der Waals surface area contributed by atoms with E-state index in [1.54, 1.807) is 13.0 Å². The zero-order chi connectivity index (χ0) is 15.0. The number of thioether (sulfide) groups is 1. The van der Waals surface area contributed by atoms with Crippen molar-refractivity contribution in [3.8, 4) is 5.75 Å². The average molecular weight is 303 g/mol. The third-order valence-corrected chi connectivity index (χ3v) is 4.48. The van der Waals surface area contributed by atoms with Crippen LogP contribution in [-0.4, -0.2) is 32.9 Å². The Hall–Kier alpha value is -2.21. The first-order valence-corrected chi connectivity index (χ1v) is 7.32. The molecule has 1 heterocycles. The van der Waals surface area contributed by atoms with Crippen LogP contribution in [0.5, 0.6) is 5.75 Å². The Labute approximate surface area is 125 Å². The first kappa shape index (κ1) is 13.8. The number of rotatable bonds is 2. The zero-order valence-corrected chi connectivity index (χ0v) is 12.1. The van der Waals surface area contributed by atoms with Crippen LogP contribution in [-0.2, 0) is 4.74 Å². The summed E-state index contributed by atoms with van der Waals surface area (Å²) in [6.07, 6.45) is -1.36. The summed E-state index contributed by atoms with van der Waals surface area (Å²) in [5.74, 6) is 0.514. The maximum absolute atomic E-state index is 10.7. The van der Waals surface area contributed by atoms with E-state index >= 15 is 0 Å². The van der Waals surface area contributed by atoms with E-state index in [1.165, 1.54) is 11.8 Å². The summed E-state index contributed by atoms with van der Waals surface area (Å²) in [6.45, 7) is 1.61. The van der Waals surface area contributed by atoms with Crippen LogP contribution in [0.15, 0.2) is 41.4 Å². The van der Waals surface area contributed by atoms with Crippen molar-refractivity contribution in [3.05, 3.63) is 42.0 Å². The molecule has 6 heteroatoms. The predicted molar refractivity (Wildman–Crippen MR) is 82.1 cm³/mol. The number of carbonyl (C=O) groups is 1. The maximum atomic E-state index is 10.7. The van der Waals surface area contributed by atoms with Crippen molar-refractivity contribution in [1.82, 2.24) is 0 Å². The predicted octanol–water partition coefficient (Wildman–Crippen LogP) is 3.45. The van der Waals surface area contributed by atoms with Crippen LogP contribution in [0.2, 0.25) is 0 Å². The molecule has 0 aromatic heterocycles. The van der Waals surface area contributed by atoms with Crippen molar-refractivity contribution < 1.29 is 19.7 Å². The summed E-state index contributed by atoms with van der Waals surface area (Å²) in [4.78, 5) is 15.0. The van der Waals surface area contributed by atoms with Crippen molar-refractivity contribution in [1.29, 1.82) is 0 Å². The molecule has 0 bridgehead atoms. The van der Waals surface area contributed by atoms with Gasteiger partial charge in [-0.3, -0.25) is 0 Å². The van der Waals surface area contributed by atoms with E-state index in [9.17, 15) is 9.90 Å². The van der Waals surface area contributed by atoms with Gasteiger partial charge < -0.3 is 14.9 Å². The summed E-state index contributed by atoms with van der Waals surface area (Å²) >= 11 is 1.37. The Morgan fingerprint density at radius 3 is 2.67 bits per heavy atom. The highest BCUT2D eigenvalue weighted by Crippen LogP contribution is 2.36. The Kier molecular flexibility index (Phi) is 3.25. The van der Waals surface area contributed by atoms with E-state index in [2.05, 4.69) is 4.99 Å². The summed E-state index contributed by atoms with van der Waals surface area (Å²) in [7, 11) is 0. The highest BCUT2D eigenvalue weighted by atomic mass is 32.2. The molecule has 0 saturated carbocycles. The molecule has 0 aliphatic carbocycles. The lowest BCUT2D eigenvalue weighted by Crippen LogP contribution is -2.29. The zero-order valence-electron chi connectivity index (χ0n) is 11.2. The second-order valence-corrected chi connectivity index (χ2v) is 5.93. The fourth-order valence-corrected chi connectivity index (χ4v) is 3.36. The van der Waals surface area contributed by atoms with E-state index in [0.29, 0.717) is 16.4 Å². The smallest absolute Gasteiger partial charge is 0.507 e. The molecule has 1 atom stereocenters. The molecule has 0 spiro atoms. The second-order valence-electron chi connectivity index (χ2n) is 4.97. The van der Waals surface area contributed by atoms with Crippen molar-refractivity contribution in [2.45, 2.75) is 12.6 Å². The van der Waals surface area contributed by atoms with Gasteiger partial charge >= 0.3 is 6.16 Å². The third-order valence-electron chi connectivity index (χ3n) is 3.22. The van der Waals surface area contributed by atoms with Gasteiger partial charge in [-0.1, -0.05) is 36.0 Å². The topological polar surface area (TPSA) is 79.1 Å². The SMILES string of the molecule is C[C@]1(OC(=O)O)CSC(c2cc3ccccc3cc2O)=N1. The Bertz CT molecular complexity index is 758. The number of fused-ring (bicyclic) bond motifs is 1. The van der Waals surface area contributed by atoms with Gasteiger partial charge in [-0.15, -0.1) is 0 Å². The van der Waals surface area contributed by atoms with Gasteiger partial charge in [0, 0.05) is 5.56 Å². The van der Waals surface area contributed by atoms with E-state index in [1.807, 2.05) is 30.3 Å². The summed E-state index contributed by atoms with van der Waals surface area (Å²) in [5, 5.41) is 21.4. The third kappa shape index (κ3) is 2.67. The number of aromatic hydroxyl groups is 1. The van der Waals surface area contributed by atoms with Gasteiger partial charge in [0.2, 0.25) is 5.72 Å². The normalized spacial score (nSPS) is 21.3. The van der Waals surface area contributed by atoms with E-state index in [0.717, 1.165) is 10.8 Å². The lowest BCUT2D eigenvalue weighted by atomic mass is 10.1. The minimum Gasteiger partial charge on any atom is -0.507 e. The summed E-state index contributed by atoms with van der Waals surface area (Å²) in [5.41, 5.74) is -0.513. The molecular formula is C15H13NO4S. The highest BCUT2D eigenvalue weighted by Gasteiger charge is 2.35. The standard InChI is InChI=1S/C15H13NO4S/c1-15(20-14(18)19)8-21-13(16-15)11-6-9-4-2-3-5-10(9)7-12(11)17/h2-7,17H,8H2,1H3,(H,18,19)/t15-/m0/s1. The van der Waals surface area contributed by atoms with Gasteiger partial charge in [0.05, 0.1) is 5.75 Å². The van der Waals surface area contributed by atoms with Crippen LogP contribution in [0.25, 0.3) is 10.8 Å². The molecule has 0 radical (unpaired) electrons. The Morgan fingerprint density at radius 1 is 1.33 bits per heavy atom. The lowest BCUT2D eigenvalue weighted by Gasteiger charge is -2.17. The monoisotopic (exact) mass is 303 g/mol. The molecule has 2 aromatic carbocycles. The average Bonchev–Trinajstić information content (AvgIpc) is 2.79. The van der Waals surface area contributed by atoms with Crippen molar-refractivity contribution >= 4 is 33.7 Å². The lowest BCUT2D eigenvalue weighted by molar-refractivity contribution is 0.0136. The number of nitrogens with zero attached hydrogens (tertiary/aromatic N) is 1. The molecule has 2 N–H and O–H groups in total.